The number of nitrogens with one attached hydrogen (secondary N) is 2. The van der Waals surface area contributed by atoms with Crippen LogP contribution in [-0.4, -0.2) is 17.4 Å². The number of carbonyl (C=O) groups is 1. The van der Waals surface area contributed by atoms with Crippen molar-refractivity contribution in [3.63, 3.8) is 0 Å². The summed E-state index contributed by atoms with van der Waals surface area (Å²) in [6, 6.07) is 6.22. The summed E-state index contributed by atoms with van der Waals surface area (Å²) in [5.74, 6) is -1.59. The summed E-state index contributed by atoms with van der Waals surface area (Å²) in [6.07, 6.45) is 1.54. The van der Waals surface area contributed by atoms with Crippen molar-refractivity contribution in [2.45, 2.75) is 13.8 Å². The lowest BCUT2D eigenvalue weighted by atomic mass is 10.2. The molecule has 0 unspecified atom stereocenters. The molecule has 0 radical (unpaired) electrons. The molecule has 0 bridgehead atoms. The zero-order valence-electron chi connectivity index (χ0n) is 12.4. The van der Waals surface area contributed by atoms with E-state index in [1.54, 1.807) is 12.1 Å². The summed E-state index contributed by atoms with van der Waals surface area (Å²) < 4.78 is 26.3. The Morgan fingerprint density at radius 3 is 2.59 bits per heavy atom. The van der Waals surface area contributed by atoms with Gasteiger partial charge in [-0.3, -0.25) is 4.79 Å². The number of halogens is 2. The fraction of sp³-hybridized carbons (Fsp3) is 0.250. The van der Waals surface area contributed by atoms with E-state index in [9.17, 15) is 13.6 Å². The van der Waals surface area contributed by atoms with Crippen molar-refractivity contribution in [2.75, 3.05) is 17.2 Å². The molecule has 4 nitrogen and oxygen atoms in total. The maximum Gasteiger partial charge on any atom is 0.274 e. The molecule has 1 heterocycles. The van der Waals surface area contributed by atoms with E-state index in [2.05, 4.69) is 29.5 Å². The van der Waals surface area contributed by atoms with Crippen molar-refractivity contribution in [1.82, 2.24) is 4.98 Å². The highest BCUT2D eigenvalue weighted by Crippen LogP contribution is 2.16. The SMILES string of the molecule is CC(C)CNc1ccc(C(=O)Nc2ccc(F)cc2F)nc1. The van der Waals surface area contributed by atoms with Gasteiger partial charge in [0.25, 0.3) is 5.91 Å². The van der Waals surface area contributed by atoms with E-state index >= 15 is 0 Å². The van der Waals surface area contributed by atoms with Crippen molar-refractivity contribution in [3.8, 4) is 0 Å². The summed E-state index contributed by atoms with van der Waals surface area (Å²) in [7, 11) is 0. The summed E-state index contributed by atoms with van der Waals surface area (Å²) in [5.41, 5.74) is 0.868. The number of rotatable bonds is 5. The highest BCUT2D eigenvalue weighted by Gasteiger charge is 2.11. The average molecular weight is 305 g/mol. The van der Waals surface area contributed by atoms with Gasteiger partial charge in [-0.1, -0.05) is 13.8 Å². The third-order valence-corrected chi connectivity index (χ3v) is 2.89. The molecule has 0 fully saturated rings. The highest BCUT2D eigenvalue weighted by molar-refractivity contribution is 6.03. The Morgan fingerprint density at radius 2 is 2.00 bits per heavy atom. The van der Waals surface area contributed by atoms with Gasteiger partial charge >= 0.3 is 0 Å². The number of hydrogen-bond donors (Lipinski definition) is 2. The second-order valence-corrected chi connectivity index (χ2v) is 5.29. The van der Waals surface area contributed by atoms with E-state index in [-0.39, 0.29) is 11.4 Å². The van der Waals surface area contributed by atoms with Crippen LogP contribution in [0.3, 0.4) is 0 Å². The van der Waals surface area contributed by atoms with Gasteiger partial charge < -0.3 is 10.6 Å². The first-order valence-corrected chi connectivity index (χ1v) is 6.92. The molecule has 0 aliphatic carbocycles. The molecule has 1 aromatic carbocycles. The summed E-state index contributed by atoms with van der Waals surface area (Å²) >= 11 is 0. The van der Waals surface area contributed by atoms with Crippen molar-refractivity contribution in [3.05, 3.63) is 53.9 Å². The summed E-state index contributed by atoms with van der Waals surface area (Å²) in [5, 5.41) is 5.54. The number of hydrogen-bond acceptors (Lipinski definition) is 3. The number of aromatic nitrogens is 1. The standard InChI is InChI=1S/C16H17F2N3O/c1-10(2)8-19-12-4-6-15(20-9-12)16(22)21-14-5-3-11(17)7-13(14)18/h3-7,9-10,19H,8H2,1-2H3,(H,21,22). The lowest BCUT2D eigenvalue weighted by Crippen LogP contribution is -2.15. The molecular weight excluding hydrogens is 288 g/mol. The monoisotopic (exact) mass is 305 g/mol. The molecule has 0 saturated heterocycles. The van der Waals surface area contributed by atoms with E-state index in [0.29, 0.717) is 12.0 Å². The van der Waals surface area contributed by atoms with E-state index in [0.717, 1.165) is 18.3 Å². The Labute approximate surface area is 127 Å². The molecule has 2 aromatic rings. The fourth-order valence-corrected chi connectivity index (χ4v) is 1.73. The van der Waals surface area contributed by atoms with Gasteiger partial charge in [-0.05, 0) is 30.2 Å². The highest BCUT2D eigenvalue weighted by atomic mass is 19.1. The Morgan fingerprint density at radius 1 is 1.23 bits per heavy atom. The van der Waals surface area contributed by atoms with Gasteiger partial charge in [-0.2, -0.15) is 0 Å². The van der Waals surface area contributed by atoms with E-state index in [4.69, 9.17) is 0 Å². The minimum Gasteiger partial charge on any atom is -0.384 e. The van der Waals surface area contributed by atoms with Crippen LogP contribution in [0.5, 0.6) is 0 Å². The second kappa shape index (κ2) is 6.98. The van der Waals surface area contributed by atoms with Crippen molar-refractivity contribution in [1.29, 1.82) is 0 Å². The topological polar surface area (TPSA) is 54.0 Å². The van der Waals surface area contributed by atoms with E-state index < -0.39 is 17.5 Å². The Balaban J connectivity index is 2.03. The number of anilines is 2. The first kappa shape index (κ1) is 15.9. The maximum absolute atomic E-state index is 13.5. The fourth-order valence-electron chi connectivity index (χ4n) is 1.73. The van der Waals surface area contributed by atoms with Crippen LogP contribution in [0.15, 0.2) is 36.5 Å². The molecule has 1 aromatic heterocycles. The predicted octanol–water partition coefficient (Wildman–Crippen LogP) is 3.68. The van der Waals surface area contributed by atoms with E-state index in [1.807, 2.05) is 0 Å². The van der Waals surface area contributed by atoms with Gasteiger partial charge in [0.05, 0.1) is 17.6 Å². The van der Waals surface area contributed by atoms with Crippen molar-refractivity contribution < 1.29 is 13.6 Å². The molecule has 22 heavy (non-hydrogen) atoms. The summed E-state index contributed by atoms with van der Waals surface area (Å²) in [4.78, 5) is 16.0. The van der Waals surface area contributed by atoms with Gasteiger partial charge in [0, 0.05) is 12.6 Å². The van der Waals surface area contributed by atoms with Gasteiger partial charge in [0.15, 0.2) is 0 Å². The number of carbonyl (C=O) groups excluding carboxylic acids is 1. The Hall–Kier alpha value is -2.50. The van der Waals surface area contributed by atoms with Gasteiger partial charge in [-0.15, -0.1) is 0 Å². The molecule has 0 spiro atoms. The van der Waals surface area contributed by atoms with Crippen LogP contribution in [0.2, 0.25) is 0 Å². The predicted molar refractivity (Wildman–Crippen MR) is 81.9 cm³/mol. The smallest absolute Gasteiger partial charge is 0.274 e. The first-order chi connectivity index (χ1) is 10.5. The quantitative estimate of drug-likeness (QED) is 0.886. The summed E-state index contributed by atoms with van der Waals surface area (Å²) in [6.45, 7) is 4.97. The van der Waals surface area contributed by atoms with Gasteiger partial charge in [0.2, 0.25) is 0 Å². The number of nitrogens with zero attached hydrogens (tertiary/aromatic N) is 1. The van der Waals surface area contributed by atoms with Crippen LogP contribution < -0.4 is 10.6 Å². The van der Waals surface area contributed by atoms with Crippen molar-refractivity contribution in [2.24, 2.45) is 5.92 Å². The molecule has 1 amide bonds. The Bertz CT molecular complexity index is 657. The minimum absolute atomic E-state index is 0.0878. The largest absolute Gasteiger partial charge is 0.384 e. The molecule has 0 aliphatic heterocycles. The Kier molecular flexibility index (Phi) is 5.04. The van der Waals surface area contributed by atoms with Crippen LogP contribution in [0.1, 0.15) is 24.3 Å². The number of amides is 1. The lowest BCUT2D eigenvalue weighted by molar-refractivity contribution is 0.102. The van der Waals surface area contributed by atoms with E-state index in [1.165, 1.54) is 12.3 Å². The number of benzene rings is 1. The van der Waals surface area contributed by atoms with Crippen LogP contribution in [0.25, 0.3) is 0 Å². The van der Waals surface area contributed by atoms with Crippen LogP contribution in [-0.2, 0) is 0 Å². The van der Waals surface area contributed by atoms with Gasteiger partial charge in [-0.25, -0.2) is 13.8 Å². The first-order valence-electron chi connectivity index (χ1n) is 6.92. The number of pyridine rings is 1. The molecular formula is C16H17F2N3O. The average Bonchev–Trinajstić information content (AvgIpc) is 2.48. The normalized spacial score (nSPS) is 10.6. The third-order valence-electron chi connectivity index (χ3n) is 2.89. The molecule has 2 rings (SSSR count). The molecule has 0 saturated carbocycles. The molecule has 0 atom stereocenters. The second-order valence-electron chi connectivity index (χ2n) is 5.29. The molecule has 2 N–H and O–H groups in total. The molecule has 6 heteroatoms. The van der Waals surface area contributed by atoms with Gasteiger partial charge in [0.1, 0.15) is 17.3 Å². The van der Waals surface area contributed by atoms with Crippen molar-refractivity contribution >= 4 is 17.3 Å². The molecule has 116 valence electrons. The third kappa shape index (κ3) is 4.25. The maximum atomic E-state index is 13.5. The van der Waals surface area contributed by atoms with Crippen LogP contribution >= 0.6 is 0 Å². The zero-order chi connectivity index (χ0) is 16.1. The zero-order valence-corrected chi connectivity index (χ0v) is 12.4. The van der Waals surface area contributed by atoms with Crippen LogP contribution in [0.4, 0.5) is 20.2 Å². The minimum atomic E-state index is -0.830. The molecule has 0 aliphatic rings. The lowest BCUT2D eigenvalue weighted by Gasteiger charge is -2.09. The van der Waals surface area contributed by atoms with Crippen LogP contribution in [0, 0.1) is 17.6 Å².